The SMILES string of the molecule is C[C@H]1[C@@H]2[C@@H](O)[C@@H]([C@H](C)C(=O)NCc3ccccc3)CC[C@@]2(C)CC[C@@H]1NC(=O)c1cnccn1. The number of aliphatic hydroxyl groups is 1. The zero-order valence-electron chi connectivity index (χ0n) is 20.3. The summed E-state index contributed by atoms with van der Waals surface area (Å²) in [6.45, 7) is 6.79. The molecule has 3 N–H and O–H groups in total. The van der Waals surface area contributed by atoms with E-state index in [4.69, 9.17) is 0 Å². The number of aliphatic hydroxyl groups excluding tert-OH is 1. The van der Waals surface area contributed by atoms with Gasteiger partial charge in [0.05, 0.1) is 12.3 Å². The van der Waals surface area contributed by atoms with Crippen LogP contribution in [0.15, 0.2) is 48.9 Å². The van der Waals surface area contributed by atoms with Gasteiger partial charge in [0.1, 0.15) is 5.69 Å². The molecule has 0 spiro atoms. The summed E-state index contributed by atoms with van der Waals surface area (Å²) in [6, 6.07) is 9.80. The predicted octanol–water partition coefficient (Wildman–Crippen LogP) is 3.35. The first-order valence-electron chi connectivity index (χ1n) is 12.4. The second-order valence-corrected chi connectivity index (χ2v) is 10.4. The Morgan fingerprint density at radius 3 is 2.62 bits per heavy atom. The van der Waals surface area contributed by atoms with Crippen molar-refractivity contribution in [1.82, 2.24) is 20.6 Å². The summed E-state index contributed by atoms with van der Waals surface area (Å²) in [5, 5.41) is 17.7. The lowest BCUT2D eigenvalue weighted by molar-refractivity contribution is -0.142. The van der Waals surface area contributed by atoms with Gasteiger partial charge in [-0.25, -0.2) is 4.98 Å². The highest BCUT2D eigenvalue weighted by Crippen LogP contribution is 2.55. The van der Waals surface area contributed by atoms with Crippen LogP contribution in [0.1, 0.15) is 62.5 Å². The van der Waals surface area contributed by atoms with Gasteiger partial charge in [0.2, 0.25) is 5.91 Å². The van der Waals surface area contributed by atoms with Gasteiger partial charge < -0.3 is 15.7 Å². The van der Waals surface area contributed by atoms with Crippen molar-refractivity contribution in [2.24, 2.45) is 29.1 Å². The van der Waals surface area contributed by atoms with Crippen molar-refractivity contribution >= 4 is 11.8 Å². The Morgan fingerprint density at radius 1 is 1.18 bits per heavy atom. The fourth-order valence-corrected chi connectivity index (χ4v) is 6.30. The van der Waals surface area contributed by atoms with Crippen LogP contribution in [-0.2, 0) is 11.3 Å². The van der Waals surface area contributed by atoms with Gasteiger partial charge in [-0.2, -0.15) is 0 Å². The molecule has 1 heterocycles. The Balaban J connectivity index is 1.42. The average molecular weight is 465 g/mol. The molecular weight excluding hydrogens is 428 g/mol. The molecule has 2 aliphatic carbocycles. The van der Waals surface area contributed by atoms with E-state index in [0.717, 1.165) is 31.2 Å². The first-order chi connectivity index (χ1) is 16.3. The van der Waals surface area contributed by atoms with Gasteiger partial charge in [-0.15, -0.1) is 0 Å². The van der Waals surface area contributed by atoms with Gasteiger partial charge in [-0.05, 0) is 54.4 Å². The molecule has 0 saturated heterocycles. The number of benzene rings is 1. The first kappa shape index (κ1) is 24.3. The molecule has 182 valence electrons. The Hall–Kier alpha value is -2.80. The van der Waals surface area contributed by atoms with E-state index in [9.17, 15) is 14.7 Å². The zero-order valence-corrected chi connectivity index (χ0v) is 20.3. The van der Waals surface area contributed by atoms with Gasteiger partial charge >= 0.3 is 0 Å². The second kappa shape index (κ2) is 10.2. The number of aromatic nitrogens is 2. The number of hydrogen-bond acceptors (Lipinski definition) is 5. The Kier molecular flexibility index (Phi) is 7.31. The molecule has 2 aliphatic rings. The third-order valence-electron chi connectivity index (χ3n) is 8.37. The van der Waals surface area contributed by atoms with Crippen molar-refractivity contribution in [2.45, 2.75) is 65.1 Å². The molecular formula is C27H36N4O3. The fraction of sp³-hybridized carbons (Fsp3) is 0.556. The molecule has 2 amide bonds. The number of rotatable bonds is 6. The van der Waals surface area contributed by atoms with Crippen molar-refractivity contribution in [3.63, 3.8) is 0 Å². The van der Waals surface area contributed by atoms with E-state index in [1.807, 2.05) is 37.3 Å². The predicted molar refractivity (Wildman–Crippen MR) is 129 cm³/mol. The van der Waals surface area contributed by atoms with E-state index in [2.05, 4.69) is 34.4 Å². The van der Waals surface area contributed by atoms with E-state index in [0.29, 0.717) is 12.2 Å². The lowest BCUT2D eigenvalue weighted by atomic mass is 9.51. The lowest BCUT2D eigenvalue weighted by Crippen LogP contribution is -2.58. The maximum Gasteiger partial charge on any atom is 0.271 e. The van der Waals surface area contributed by atoms with Crippen LogP contribution in [-0.4, -0.2) is 39.0 Å². The minimum atomic E-state index is -0.595. The van der Waals surface area contributed by atoms with Crippen LogP contribution in [0.2, 0.25) is 0 Å². The van der Waals surface area contributed by atoms with E-state index in [-0.39, 0.29) is 46.9 Å². The summed E-state index contributed by atoms with van der Waals surface area (Å²) < 4.78 is 0. The first-order valence-corrected chi connectivity index (χ1v) is 12.4. The third-order valence-corrected chi connectivity index (χ3v) is 8.37. The molecule has 2 saturated carbocycles. The van der Waals surface area contributed by atoms with Crippen molar-refractivity contribution in [1.29, 1.82) is 0 Å². The van der Waals surface area contributed by atoms with Gasteiger partial charge in [0.25, 0.3) is 5.91 Å². The van der Waals surface area contributed by atoms with Crippen molar-refractivity contribution in [2.75, 3.05) is 0 Å². The van der Waals surface area contributed by atoms with Crippen LogP contribution >= 0.6 is 0 Å². The van der Waals surface area contributed by atoms with E-state index >= 15 is 0 Å². The van der Waals surface area contributed by atoms with Crippen LogP contribution in [0.3, 0.4) is 0 Å². The molecule has 2 fully saturated rings. The topological polar surface area (TPSA) is 104 Å². The molecule has 7 heteroatoms. The maximum absolute atomic E-state index is 13.0. The Morgan fingerprint density at radius 2 is 1.91 bits per heavy atom. The smallest absolute Gasteiger partial charge is 0.271 e. The highest BCUT2D eigenvalue weighted by Gasteiger charge is 2.53. The number of nitrogens with one attached hydrogen (secondary N) is 2. The highest BCUT2D eigenvalue weighted by molar-refractivity contribution is 5.92. The molecule has 0 radical (unpaired) electrons. The van der Waals surface area contributed by atoms with Crippen LogP contribution in [0.4, 0.5) is 0 Å². The third kappa shape index (κ3) is 4.99. The molecule has 7 nitrogen and oxygen atoms in total. The summed E-state index contributed by atoms with van der Waals surface area (Å²) in [6.07, 6.45) is 7.53. The quantitative estimate of drug-likeness (QED) is 0.608. The van der Waals surface area contributed by atoms with Crippen LogP contribution in [0.25, 0.3) is 0 Å². The molecule has 0 bridgehead atoms. The van der Waals surface area contributed by atoms with E-state index in [1.165, 1.54) is 12.4 Å². The number of amides is 2. The molecule has 0 aliphatic heterocycles. The van der Waals surface area contributed by atoms with Crippen molar-refractivity contribution < 1.29 is 14.7 Å². The summed E-state index contributed by atoms with van der Waals surface area (Å²) >= 11 is 0. The molecule has 4 rings (SSSR count). The molecule has 2 aromatic rings. The lowest BCUT2D eigenvalue weighted by Gasteiger charge is -2.56. The van der Waals surface area contributed by atoms with Crippen LogP contribution in [0, 0.1) is 29.1 Å². The molecule has 1 aromatic heterocycles. The summed E-state index contributed by atoms with van der Waals surface area (Å²) in [5.74, 6) is -0.555. The van der Waals surface area contributed by atoms with Gasteiger partial charge in [-0.1, -0.05) is 51.1 Å². The standard InChI is InChI=1S/C27H36N4O3/c1-17(25(33)30-15-19-7-5-4-6-8-19)20-9-11-27(3)12-10-21(18(2)23(27)24(20)32)31-26(34)22-16-28-13-14-29-22/h4-8,13-14,16-18,20-21,23-24,32H,9-12,15H2,1-3H3,(H,30,33)(H,31,34)/t17-,18+,20+,21-,23+,24-,27-/m0/s1. The Labute approximate surface area is 201 Å². The summed E-state index contributed by atoms with van der Waals surface area (Å²) in [5.41, 5.74) is 1.36. The van der Waals surface area contributed by atoms with E-state index < -0.39 is 6.10 Å². The Bertz CT molecular complexity index is 986. The van der Waals surface area contributed by atoms with Crippen LogP contribution in [0.5, 0.6) is 0 Å². The van der Waals surface area contributed by atoms with Crippen LogP contribution < -0.4 is 10.6 Å². The van der Waals surface area contributed by atoms with Crippen molar-refractivity contribution in [3.8, 4) is 0 Å². The highest BCUT2D eigenvalue weighted by atomic mass is 16.3. The maximum atomic E-state index is 13.0. The van der Waals surface area contributed by atoms with Gasteiger partial charge in [0.15, 0.2) is 0 Å². The normalized spacial score (nSPS) is 31.7. The molecule has 34 heavy (non-hydrogen) atoms. The number of carbonyl (C=O) groups excluding carboxylic acids is 2. The largest absolute Gasteiger partial charge is 0.392 e. The minimum absolute atomic E-state index is 0.00332. The molecule has 0 unspecified atom stereocenters. The van der Waals surface area contributed by atoms with Crippen molar-refractivity contribution in [3.05, 3.63) is 60.2 Å². The molecule has 7 atom stereocenters. The summed E-state index contributed by atoms with van der Waals surface area (Å²) in [7, 11) is 0. The fourth-order valence-electron chi connectivity index (χ4n) is 6.30. The van der Waals surface area contributed by atoms with Gasteiger partial charge in [-0.3, -0.25) is 14.6 Å². The second-order valence-electron chi connectivity index (χ2n) is 10.4. The van der Waals surface area contributed by atoms with Gasteiger partial charge in [0, 0.05) is 30.9 Å². The van der Waals surface area contributed by atoms with E-state index in [1.54, 1.807) is 6.20 Å². The monoisotopic (exact) mass is 464 g/mol. The average Bonchev–Trinajstić information content (AvgIpc) is 2.85. The number of fused-ring (bicyclic) bond motifs is 1. The number of carbonyl (C=O) groups is 2. The molecule has 1 aromatic carbocycles. The number of nitrogens with zero attached hydrogens (tertiary/aromatic N) is 2. The zero-order chi connectivity index (χ0) is 24.3. The number of hydrogen-bond donors (Lipinski definition) is 3. The summed E-state index contributed by atoms with van der Waals surface area (Å²) in [4.78, 5) is 33.7. The minimum Gasteiger partial charge on any atom is -0.392 e.